The number of hydrogen-bond donors (Lipinski definition) is 0. The first-order valence-corrected chi connectivity index (χ1v) is 10.1. The minimum atomic E-state index is 0.678. The van der Waals surface area contributed by atoms with E-state index >= 15 is 0 Å². The maximum absolute atomic E-state index is 5.31. The Hall–Kier alpha value is -3.05. The van der Waals surface area contributed by atoms with E-state index in [-0.39, 0.29) is 0 Å². The maximum atomic E-state index is 5.31. The van der Waals surface area contributed by atoms with Crippen LogP contribution in [-0.4, -0.2) is 24.0 Å². The standard InChI is InChI=1S/C24H21BrN2O2/c1-28-20-12-8-18(9-13-20)23-22(25)24(19-10-14-21(29-2)15-11-19)27(26-23)16-17-6-4-3-5-7-17/h3-15H,16H2,1-2H3. The van der Waals surface area contributed by atoms with E-state index in [9.17, 15) is 0 Å². The first-order valence-electron chi connectivity index (χ1n) is 9.28. The molecule has 0 aliphatic carbocycles. The summed E-state index contributed by atoms with van der Waals surface area (Å²) in [5, 5.41) is 4.95. The van der Waals surface area contributed by atoms with Crippen LogP contribution in [0.1, 0.15) is 5.56 Å². The van der Waals surface area contributed by atoms with Crippen LogP contribution in [0.15, 0.2) is 83.3 Å². The molecule has 0 spiro atoms. The van der Waals surface area contributed by atoms with Gasteiger partial charge in [-0.25, -0.2) is 0 Å². The highest BCUT2D eigenvalue weighted by molar-refractivity contribution is 9.10. The molecule has 0 radical (unpaired) electrons. The highest BCUT2D eigenvalue weighted by Crippen LogP contribution is 2.38. The first-order chi connectivity index (χ1) is 14.2. The van der Waals surface area contributed by atoms with Crippen molar-refractivity contribution < 1.29 is 9.47 Å². The lowest BCUT2D eigenvalue weighted by Gasteiger charge is -2.09. The lowest BCUT2D eigenvalue weighted by atomic mass is 10.1. The smallest absolute Gasteiger partial charge is 0.118 e. The van der Waals surface area contributed by atoms with E-state index in [0.717, 1.165) is 38.5 Å². The third kappa shape index (κ3) is 4.05. The van der Waals surface area contributed by atoms with Crippen LogP contribution < -0.4 is 9.47 Å². The van der Waals surface area contributed by atoms with E-state index in [1.807, 2.05) is 59.3 Å². The summed E-state index contributed by atoms with van der Waals surface area (Å²) in [6, 6.07) is 26.3. The van der Waals surface area contributed by atoms with Gasteiger partial charge in [-0.3, -0.25) is 4.68 Å². The summed E-state index contributed by atoms with van der Waals surface area (Å²) in [5.74, 6) is 1.65. The predicted molar refractivity (Wildman–Crippen MR) is 119 cm³/mol. The van der Waals surface area contributed by atoms with Crippen LogP contribution in [0.2, 0.25) is 0 Å². The topological polar surface area (TPSA) is 36.3 Å². The van der Waals surface area contributed by atoms with Crippen molar-refractivity contribution in [3.05, 3.63) is 88.9 Å². The number of aromatic nitrogens is 2. The largest absolute Gasteiger partial charge is 0.497 e. The first kappa shape index (κ1) is 19.3. The van der Waals surface area contributed by atoms with Crippen LogP contribution in [0.3, 0.4) is 0 Å². The molecule has 0 saturated heterocycles. The van der Waals surface area contributed by atoms with Gasteiger partial charge in [-0.15, -0.1) is 0 Å². The second kappa shape index (κ2) is 8.53. The van der Waals surface area contributed by atoms with Crippen molar-refractivity contribution in [2.45, 2.75) is 6.54 Å². The molecule has 0 aliphatic heterocycles. The monoisotopic (exact) mass is 448 g/mol. The minimum Gasteiger partial charge on any atom is -0.497 e. The summed E-state index contributed by atoms with van der Waals surface area (Å²) in [6.07, 6.45) is 0. The summed E-state index contributed by atoms with van der Waals surface area (Å²) in [4.78, 5) is 0. The van der Waals surface area contributed by atoms with Crippen LogP contribution in [0, 0.1) is 0 Å². The Balaban J connectivity index is 1.82. The van der Waals surface area contributed by atoms with Crippen molar-refractivity contribution in [3.8, 4) is 34.0 Å². The molecule has 146 valence electrons. The molecule has 1 aromatic heterocycles. The number of hydrogen-bond acceptors (Lipinski definition) is 3. The van der Waals surface area contributed by atoms with Gasteiger partial charge >= 0.3 is 0 Å². The van der Waals surface area contributed by atoms with Crippen molar-refractivity contribution in [2.75, 3.05) is 14.2 Å². The molecule has 0 saturated carbocycles. The van der Waals surface area contributed by atoms with Gasteiger partial charge in [0.1, 0.15) is 17.2 Å². The Morgan fingerprint density at radius 3 is 1.86 bits per heavy atom. The van der Waals surface area contributed by atoms with E-state index in [0.29, 0.717) is 6.54 Å². The summed E-state index contributed by atoms with van der Waals surface area (Å²) < 4.78 is 13.6. The van der Waals surface area contributed by atoms with Crippen LogP contribution in [0.5, 0.6) is 11.5 Å². The van der Waals surface area contributed by atoms with Gasteiger partial charge in [0, 0.05) is 11.1 Å². The number of benzene rings is 3. The van der Waals surface area contributed by atoms with Gasteiger partial charge in [0.15, 0.2) is 0 Å². The van der Waals surface area contributed by atoms with Gasteiger partial charge in [0.2, 0.25) is 0 Å². The maximum Gasteiger partial charge on any atom is 0.118 e. The SMILES string of the molecule is COc1ccc(-c2nn(Cc3ccccc3)c(-c3ccc(OC)cc3)c2Br)cc1. The zero-order chi connectivity index (χ0) is 20.2. The zero-order valence-electron chi connectivity index (χ0n) is 16.3. The Morgan fingerprint density at radius 2 is 1.31 bits per heavy atom. The molecule has 5 heteroatoms. The van der Waals surface area contributed by atoms with Gasteiger partial charge in [-0.2, -0.15) is 5.10 Å². The molecule has 4 nitrogen and oxygen atoms in total. The van der Waals surface area contributed by atoms with Gasteiger partial charge in [0.25, 0.3) is 0 Å². The average molecular weight is 449 g/mol. The third-order valence-corrected chi connectivity index (χ3v) is 5.55. The van der Waals surface area contributed by atoms with E-state index in [4.69, 9.17) is 14.6 Å². The minimum absolute atomic E-state index is 0.678. The Bertz CT molecular complexity index is 1090. The Kier molecular flexibility index (Phi) is 5.67. The third-order valence-electron chi connectivity index (χ3n) is 4.80. The van der Waals surface area contributed by atoms with Crippen molar-refractivity contribution in [2.24, 2.45) is 0 Å². The quantitative estimate of drug-likeness (QED) is 0.360. The summed E-state index contributed by atoms with van der Waals surface area (Å²) in [5.41, 5.74) is 5.22. The highest BCUT2D eigenvalue weighted by atomic mass is 79.9. The molecule has 0 fully saturated rings. The molecule has 0 atom stereocenters. The molecular weight excluding hydrogens is 428 g/mol. The summed E-state index contributed by atoms with van der Waals surface area (Å²) in [6.45, 7) is 0.678. The Labute approximate surface area is 178 Å². The molecular formula is C24H21BrN2O2. The van der Waals surface area contributed by atoms with Gasteiger partial charge in [-0.1, -0.05) is 30.3 Å². The zero-order valence-corrected chi connectivity index (χ0v) is 17.9. The molecule has 3 aromatic carbocycles. The molecule has 0 unspecified atom stereocenters. The summed E-state index contributed by atoms with van der Waals surface area (Å²) in [7, 11) is 3.34. The second-order valence-corrected chi connectivity index (χ2v) is 7.40. The van der Waals surface area contributed by atoms with Crippen LogP contribution in [-0.2, 0) is 6.54 Å². The lowest BCUT2D eigenvalue weighted by Crippen LogP contribution is -2.04. The van der Waals surface area contributed by atoms with E-state index < -0.39 is 0 Å². The van der Waals surface area contributed by atoms with Crippen LogP contribution in [0.4, 0.5) is 0 Å². The molecule has 0 N–H and O–H groups in total. The fraction of sp³-hybridized carbons (Fsp3) is 0.125. The van der Waals surface area contributed by atoms with Crippen molar-refractivity contribution in [1.29, 1.82) is 0 Å². The van der Waals surface area contributed by atoms with Crippen molar-refractivity contribution >= 4 is 15.9 Å². The molecule has 0 bridgehead atoms. The number of halogens is 1. The highest BCUT2D eigenvalue weighted by Gasteiger charge is 2.19. The molecule has 0 aliphatic rings. The average Bonchev–Trinajstić information content (AvgIpc) is 3.10. The molecule has 4 rings (SSSR count). The fourth-order valence-electron chi connectivity index (χ4n) is 3.27. The van der Waals surface area contributed by atoms with Gasteiger partial charge < -0.3 is 9.47 Å². The molecule has 4 aromatic rings. The lowest BCUT2D eigenvalue weighted by molar-refractivity contribution is 0.414. The van der Waals surface area contributed by atoms with Crippen LogP contribution >= 0.6 is 15.9 Å². The fourth-order valence-corrected chi connectivity index (χ4v) is 4.01. The normalized spacial score (nSPS) is 10.7. The second-order valence-electron chi connectivity index (χ2n) is 6.61. The molecule has 29 heavy (non-hydrogen) atoms. The Morgan fingerprint density at radius 1 is 0.759 bits per heavy atom. The van der Waals surface area contributed by atoms with E-state index in [1.165, 1.54) is 5.56 Å². The van der Waals surface area contributed by atoms with Crippen molar-refractivity contribution in [3.63, 3.8) is 0 Å². The van der Waals surface area contributed by atoms with E-state index in [1.54, 1.807) is 14.2 Å². The van der Waals surface area contributed by atoms with Gasteiger partial charge in [0.05, 0.1) is 30.9 Å². The van der Waals surface area contributed by atoms with Crippen LogP contribution in [0.25, 0.3) is 22.5 Å². The van der Waals surface area contributed by atoms with E-state index in [2.05, 4.69) is 40.2 Å². The number of ether oxygens (including phenoxy) is 2. The predicted octanol–water partition coefficient (Wildman–Crippen LogP) is 6.05. The van der Waals surface area contributed by atoms with Gasteiger partial charge in [-0.05, 0) is 70.0 Å². The molecule has 0 amide bonds. The number of methoxy groups -OCH3 is 2. The summed E-state index contributed by atoms with van der Waals surface area (Å²) >= 11 is 3.81. The number of nitrogens with zero attached hydrogens (tertiary/aromatic N) is 2. The van der Waals surface area contributed by atoms with Crippen molar-refractivity contribution in [1.82, 2.24) is 9.78 Å². The molecule has 1 heterocycles. The number of rotatable bonds is 6.